The summed E-state index contributed by atoms with van der Waals surface area (Å²) < 4.78 is 47.0. The van der Waals surface area contributed by atoms with Crippen LogP contribution in [-0.2, 0) is 17.0 Å². The molecule has 0 spiro atoms. The van der Waals surface area contributed by atoms with Gasteiger partial charge in [0.1, 0.15) is 11.6 Å². The van der Waals surface area contributed by atoms with Crippen LogP contribution in [0.2, 0.25) is 0 Å². The van der Waals surface area contributed by atoms with Crippen molar-refractivity contribution in [2.75, 3.05) is 0 Å². The molecule has 0 aliphatic carbocycles. The Kier molecular flexibility index (Phi) is 7.68. The number of benzene rings is 6. The minimum absolute atomic E-state index is 0.0902. The zero-order valence-corrected chi connectivity index (χ0v) is 30.9. The van der Waals surface area contributed by atoms with Gasteiger partial charge in [-0.15, -0.1) is 0 Å². The zero-order chi connectivity index (χ0) is 37.6. The fraction of sp³-hybridized carbons (Fsp3) is 0.213. The Morgan fingerprint density at radius 1 is 0.491 bits per heavy atom. The normalized spacial score (nSPS) is 12.7. The highest BCUT2D eigenvalue weighted by Crippen LogP contribution is 2.42. The van der Waals surface area contributed by atoms with Crippen LogP contribution in [0, 0.1) is 18.3 Å². The largest absolute Gasteiger partial charge is 0.416 e. The molecule has 0 atom stereocenters. The Morgan fingerprint density at radius 3 is 1.36 bits per heavy atom. The number of fused-ring (bicyclic) bond motifs is 6. The second-order valence-corrected chi connectivity index (χ2v) is 16.3. The van der Waals surface area contributed by atoms with Gasteiger partial charge in [-0.25, -0.2) is 0 Å². The molecule has 0 bridgehead atoms. The number of hydrogen-bond donors (Lipinski definition) is 0. The van der Waals surface area contributed by atoms with Gasteiger partial charge in [0, 0.05) is 21.5 Å². The van der Waals surface area contributed by atoms with E-state index in [2.05, 4.69) is 105 Å². The van der Waals surface area contributed by atoms with Crippen LogP contribution >= 0.6 is 0 Å². The number of nitriles is 1. The quantitative estimate of drug-likeness (QED) is 0.180. The molecule has 0 saturated heterocycles. The monoisotopic (exact) mass is 703 g/mol. The number of alkyl halides is 3. The summed E-state index contributed by atoms with van der Waals surface area (Å²) in [5.74, 6) is 0. The Bertz CT molecular complexity index is 2660. The summed E-state index contributed by atoms with van der Waals surface area (Å²) in [6, 6.07) is 39.7. The van der Waals surface area contributed by atoms with Crippen LogP contribution in [0.15, 0.2) is 115 Å². The van der Waals surface area contributed by atoms with E-state index < -0.39 is 11.7 Å². The molecular formula is C47H40F3N3. The average molecular weight is 704 g/mol. The molecule has 264 valence electrons. The van der Waals surface area contributed by atoms with E-state index in [0.717, 1.165) is 43.6 Å². The lowest BCUT2D eigenvalue weighted by atomic mass is 9.86. The minimum atomic E-state index is -4.52. The zero-order valence-electron chi connectivity index (χ0n) is 30.9. The second-order valence-electron chi connectivity index (χ2n) is 16.3. The molecule has 0 aliphatic heterocycles. The van der Waals surface area contributed by atoms with Crippen molar-refractivity contribution in [1.29, 1.82) is 5.26 Å². The molecule has 6 aromatic carbocycles. The summed E-state index contributed by atoms with van der Waals surface area (Å²) in [7, 11) is 0. The van der Waals surface area contributed by atoms with Crippen molar-refractivity contribution in [3.63, 3.8) is 0 Å². The van der Waals surface area contributed by atoms with Crippen molar-refractivity contribution in [3.05, 3.63) is 143 Å². The van der Waals surface area contributed by atoms with Gasteiger partial charge >= 0.3 is 6.18 Å². The van der Waals surface area contributed by atoms with Crippen LogP contribution in [0.3, 0.4) is 0 Å². The molecule has 8 rings (SSSR count). The van der Waals surface area contributed by atoms with Crippen LogP contribution in [0.4, 0.5) is 13.2 Å². The number of para-hydroxylation sites is 2. The summed E-state index contributed by atoms with van der Waals surface area (Å²) in [6.07, 6.45) is -4.52. The van der Waals surface area contributed by atoms with Gasteiger partial charge in [-0.05, 0) is 106 Å². The molecule has 0 saturated carbocycles. The molecule has 8 aromatic rings. The molecule has 6 heteroatoms. The molecule has 0 unspecified atom stereocenters. The molecule has 2 heterocycles. The lowest BCUT2D eigenvalue weighted by Gasteiger charge is -2.21. The highest BCUT2D eigenvalue weighted by molar-refractivity contribution is 6.11. The van der Waals surface area contributed by atoms with Crippen molar-refractivity contribution in [3.8, 4) is 28.6 Å². The van der Waals surface area contributed by atoms with Crippen LogP contribution in [0.5, 0.6) is 0 Å². The topological polar surface area (TPSA) is 33.6 Å². The smallest absolute Gasteiger partial charge is 0.308 e. The van der Waals surface area contributed by atoms with Crippen LogP contribution in [0.1, 0.15) is 69.4 Å². The van der Waals surface area contributed by atoms with Crippen molar-refractivity contribution in [1.82, 2.24) is 9.13 Å². The summed E-state index contributed by atoms with van der Waals surface area (Å²) in [4.78, 5) is 0. The van der Waals surface area contributed by atoms with Gasteiger partial charge in [-0.2, -0.15) is 18.4 Å². The molecule has 0 fully saturated rings. The first-order chi connectivity index (χ1) is 25.0. The van der Waals surface area contributed by atoms with Crippen LogP contribution in [0.25, 0.3) is 66.1 Å². The fourth-order valence-corrected chi connectivity index (χ4v) is 7.76. The summed E-state index contributed by atoms with van der Waals surface area (Å²) in [5.41, 5.74) is 8.24. The molecule has 3 nitrogen and oxygen atoms in total. The molecule has 2 aromatic heterocycles. The third-order valence-corrected chi connectivity index (χ3v) is 10.5. The highest BCUT2D eigenvalue weighted by atomic mass is 19.4. The molecular weight excluding hydrogens is 664 g/mol. The predicted octanol–water partition coefficient (Wildman–Crippen LogP) is 13.3. The SMILES string of the molecule is Cc1cc(-c2cc(-n3c4ccccc4c4cc(C(C)(C)C)ccc43)c(C#N)c(-n3c4ccccc4c4cc(C(C)(C)C)ccc43)c2)cc(C(F)(F)F)c1. The van der Waals surface area contributed by atoms with Crippen molar-refractivity contribution < 1.29 is 13.2 Å². The van der Waals surface area contributed by atoms with Gasteiger partial charge in [0.25, 0.3) is 0 Å². The van der Waals surface area contributed by atoms with Gasteiger partial charge in [0.2, 0.25) is 0 Å². The number of rotatable bonds is 3. The van der Waals surface area contributed by atoms with E-state index in [-0.39, 0.29) is 10.8 Å². The summed E-state index contributed by atoms with van der Waals surface area (Å²) in [6.45, 7) is 14.8. The van der Waals surface area contributed by atoms with E-state index in [1.54, 1.807) is 13.0 Å². The molecule has 53 heavy (non-hydrogen) atoms. The molecule has 0 N–H and O–H groups in total. The van der Waals surface area contributed by atoms with Gasteiger partial charge in [0.15, 0.2) is 0 Å². The minimum Gasteiger partial charge on any atom is -0.308 e. The molecule has 0 aliphatic rings. The van der Waals surface area contributed by atoms with E-state index in [1.165, 1.54) is 23.3 Å². The van der Waals surface area contributed by atoms with Crippen molar-refractivity contribution in [2.45, 2.75) is 65.5 Å². The molecule has 0 radical (unpaired) electrons. The number of halogens is 3. The maximum Gasteiger partial charge on any atom is 0.416 e. The average Bonchev–Trinajstić information content (AvgIpc) is 3.62. The number of aromatic nitrogens is 2. The van der Waals surface area contributed by atoms with E-state index in [1.807, 2.05) is 48.5 Å². The van der Waals surface area contributed by atoms with Crippen molar-refractivity contribution in [2.24, 2.45) is 0 Å². The van der Waals surface area contributed by atoms with E-state index >= 15 is 0 Å². The first-order valence-electron chi connectivity index (χ1n) is 17.9. The maximum absolute atomic E-state index is 14.3. The van der Waals surface area contributed by atoms with Gasteiger partial charge < -0.3 is 9.13 Å². The van der Waals surface area contributed by atoms with Crippen LogP contribution < -0.4 is 0 Å². The van der Waals surface area contributed by atoms with Gasteiger partial charge in [-0.1, -0.05) is 96.1 Å². The fourth-order valence-electron chi connectivity index (χ4n) is 7.76. The van der Waals surface area contributed by atoms with Gasteiger partial charge in [0.05, 0.1) is 39.0 Å². The first kappa shape index (κ1) is 34.3. The standard InChI is InChI=1S/C47H40F3N3/c1-28-20-29(22-33(21-28)47(48,49)50)30-23-43(52-39-14-10-8-12-34(39)36-25-31(45(2,3)4)16-18-41(36)52)38(27-51)44(24-30)53-40-15-11-9-13-35(40)37-26-32(46(5,6)7)17-19-42(37)53/h8-26H,1-7H3. The predicted molar refractivity (Wildman–Crippen MR) is 212 cm³/mol. The third kappa shape index (κ3) is 5.67. The van der Waals surface area contributed by atoms with Gasteiger partial charge in [-0.3, -0.25) is 0 Å². The molecule has 0 amide bonds. The number of aryl methyl sites for hydroxylation is 1. The maximum atomic E-state index is 14.3. The second kappa shape index (κ2) is 11.9. The third-order valence-electron chi connectivity index (χ3n) is 10.5. The van der Waals surface area contributed by atoms with E-state index in [4.69, 9.17) is 0 Å². The highest BCUT2D eigenvalue weighted by Gasteiger charge is 2.31. The Labute approximate surface area is 307 Å². The Hall–Kier alpha value is -5.80. The lowest BCUT2D eigenvalue weighted by molar-refractivity contribution is -0.137. The lowest BCUT2D eigenvalue weighted by Crippen LogP contribution is -2.11. The van der Waals surface area contributed by atoms with E-state index in [0.29, 0.717) is 33.6 Å². The number of hydrogen-bond acceptors (Lipinski definition) is 1. The first-order valence-corrected chi connectivity index (χ1v) is 17.9. The van der Waals surface area contributed by atoms with E-state index in [9.17, 15) is 18.4 Å². The van der Waals surface area contributed by atoms with Crippen LogP contribution in [-0.4, -0.2) is 9.13 Å². The Balaban J connectivity index is 1.54. The summed E-state index contributed by atoms with van der Waals surface area (Å²) in [5, 5.41) is 15.4. The summed E-state index contributed by atoms with van der Waals surface area (Å²) >= 11 is 0. The number of nitrogens with zero attached hydrogens (tertiary/aromatic N) is 3. The van der Waals surface area contributed by atoms with Crippen molar-refractivity contribution >= 4 is 43.6 Å². The Morgan fingerprint density at radius 2 is 0.925 bits per heavy atom.